The number of rotatable bonds is 7. The molecule has 1 aromatic carbocycles. The summed E-state index contributed by atoms with van der Waals surface area (Å²) >= 11 is 0.738. The van der Waals surface area contributed by atoms with E-state index in [0.29, 0.717) is 11.7 Å². The fourth-order valence-electron chi connectivity index (χ4n) is 1.76. The second kappa shape index (κ2) is 8.82. The minimum atomic E-state index is -0.441. The van der Waals surface area contributed by atoms with Crippen molar-refractivity contribution in [3.05, 3.63) is 35.9 Å². The lowest BCUT2D eigenvalue weighted by molar-refractivity contribution is 0.135. The van der Waals surface area contributed by atoms with E-state index >= 15 is 0 Å². The molecule has 0 spiro atoms. The first-order valence-electron chi connectivity index (χ1n) is 6.35. The van der Waals surface area contributed by atoms with Crippen molar-refractivity contribution in [2.75, 3.05) is 5.75 Å². The average Bonchev–Trinajstić information content (AvgIpc) is 2.37. The summed E-state index contributed by atoms with van der Waals surface area (Å²) in [6.07, 6.45) is 0.372. The quantitative estimate of drug-likeness (QED) is 0.752. The van der Waals surface area contributed by atoms with Gasteiger partial charge < -0.3 is 14.6 Å². The van der Waals surface area contributed by atoms with Gasteiger partial charge >= 0.3 is 6.09 Å². The highest BCUT2D eigenvalue weighted by molar-refractivity contribution is 7.93. The predicted molar refractivity (Wildman–Crippen MR) is 78.1 cm³/mol. The van der Waals surface area contributed by atoms with Gasteiger partial charge in [-0.1, -0.05) is 44.2 Å². The van der Waals surface area contributed by atoms with Gasteiger partial charge in [0.05, 0.1) is 0 Å². The van der Waals surface area contributed by atoms with E-state index in [-0.39, 0.29) is 12.6 Å². The molecule has 0 saturated heterocycles. The third kappa shape index (κ3) is 7.08. The van der Waals surface area contributed by atoms with Crippen molar-refractivity contribution >= 4 is 18.1 Å². The van der Waals surface area contributed by atoms with Gasteiger partial charge in [-0.05, 0) is 29.9 Å². The van der Waals surface area contributed by atoms with Crippen molar-refractivity contribution in [3.8, 4) is 0 Å². The second-order valence-corrected chi connectivity index (χ2v) is 5.42. The summed E-state index contributed by atoms with van der Waals surface area (Å²) in [5.41, 5.74) is 0.953. The molecule has 0 bridgehead atoms. The number of carbonyl (C=O) groups is 1. The third-order valence-electron chi connectivity index (χ3n) is 2.57. The standard InChI is InChI=1S/C14H21NO3S/c1-11(2)8-13(10-19-17)15-14(16)18-9-12-6-4-3-5-7-12/h3-7,11,13,17H,8-10H2,1-2H3,(H,15,16)/t13-/m1/s1. The van der Waals surface area contributed by atoms with Gasteiger partial charge in [0.25, 0.3) is 0 Å². The maximum Gasteiger partial charge on any atom is 0.407 e. The Balaban J connectivity index is 2.35. The Labute approximate surface area is 118 Å². The van der Waals surface area contributed by atoms with Crippen LogP contribution in [0.4, 0.5) is 4.79 Å². The molecule has 0 heterocycles. The molecule has 0 radical (unpaired) electrons. The van der Waals surface area contributed by atoms with Crippen molar-refractivity contribution in [3.63, 3.8) is 0 Å². The Hall–Kier alpha value is -1.20. The summed E-state index contributed by atoms with van der Waals surface area (Å²) in [5.74, 6) is 0.921. The van der Waals surface area contributed by atoms with E-state index in [9.17, 15) is 4.79 Å². The maximum absolute atomic E-state index is 11.7. The van der Waals surface area contributed by atoms with Crippen LogP contribution in [0.2, 0.25) is 0 Å². The van der Waals surface area contributed by atoms with Crippen molar-refractivity contribution in [2.45, 2.75) is 32.9 Å². The number of hydrogen-bond acceptors (Lipinski definition) is 4. The lowest BCUT2D eigenvalue weighted by Crippen LogP contribution is -2.37. The van der Waals surface area contributed by atoms with E-state index in [1.807, 2.05) is 30.3 Å². The molecule has 5 heteroatoms. The van der Waals surface area contributed by atoms with Crippen LogP contribution in [0.1, 0.15) is 25.8 Å². The van der Waals surface area contributed by atoms with Crippen LogP contribution in [0.15, 0.2) is 30.3 Å². The monoisotopic (exact) mass is 283 g/mol. The molecule has 1 amide bonds. The smallest absolute Gasteiger partial charge is 0.407 e. The SMILES string of the molecule is CC(C)C[C@H](CSO)NC(=O)OCc1ccccc1. The van der Waals surface area contributed by atoms with E-state index in [1.54, 1.807) is 0 Å². The van der Waals surface area contributed by atoms with E-state index in [4.69, 9.17) is 9.29 Å². The molecule has 1 aromatic rings. The first-order chi connectivity index (χ1) is 9.11. The summed E-state index contributed by atoms with van der Waals surface area (Å²) < 4.78 is 14.0. The summed E-state index contributed by atoms with van der Waals surface area (Å²) in [5, 5.41) is 2.78. The molecule has 1 rings (SSSR count). The zero-order valence-corrected chi connectivity index (χ0v) is 12.2. The van der Waals surface area contributed by atoms with Crippen LogP contribution < -0.4 is 5.32 Å². The number of carbonyl (C=O) groups excluding carboxylic acids is 1. The molecule has 0 saturated carbocycles. The fraction of sp³-hybridized carbons (Fsp3) is 0.500. The minimum absolute atomic E-state index is 0.0710. The van der Waals surface area contributed by atoms with Gasteiger partial charge in [-0.2, -0.15) is 0 Å². The molecule has 2 N–H and O–H groups in total. The highest BCUT2D eigenvalue weighted by Gasteiger charge is 2.14. The van der Waals surface area contributed by atoms with Crippen LogP contribution in [-0.2, 0) is 11.3 Å². The van der Waals surface area contributed by atoms with Crippen LogP contribution in [0.3, 0.4) is 0 Å². The molecule has 19 heavy (non-hydrogen) atoms. The van der Waals surface area contributed by atoms with Gasteiger partial charge in [-0.15, -0.1) is 0 Å². The Morgan fingerprint density at radius 1 is 1.37 bits per heavy atom. The van der Waals surface area contributed by atoms with Crippen LogP contribution >= 0.6 is 12.0 Å². The Bertz CT molecular complexity index is 370. The lowest BCUT2D eigenvalue weighted by atomic mass is 10.1. The lowest BCUT2D eigenvalue weighted by Gasteiger charge is -2.18. The number of amides is 1. The summed E-state index contributed by atoms with van der Waals surface area (Å²) in [7, 11) is 0. The normalized spacial score (nSPS) is 12.2. The zero-order valence-electron chi connectivity index (χ0n) is 11.3. The molecule has 0 aliphatic heterocycles. The molecule has 0 unspecified atom stereocenters. The molecular weight excluding hydrogens is 262 g/mol. The third-order valence-corrected chi connectivity index (χ3v) is 3.12. The first-order valence-corrected chi connectivity index (χ1v) is 7.29. The number of hydrogen-bond donors (Lipinski definition) is 2. The van der Waals surface area contributed by atoms with Gasteiger partial charge in [0.15, 0.2) is 0 Å². The Morgan fingerprint density at radius 2 is 2.05 bits per heavy atom. The highest BCUT2D eigenvalue weighted by atomic mass is 32.2. The molecule has 0 fully saturated rings. The molecular formula is C14H21NO3S. The second-order valence-electron chi connectivity index (χ2n) is 4.83. The number of nitrogens with one attached hydrogen (secondary N) is 1. The van der Waals surface area contributed by atoms with Crippen LogP contribution in [0.5, 0.6) is 0 Å². The van der Waals surface area contributed by atoms with Crippen molar-refractivity contribution in [1.29, 1.82) is 0 Å². The average molecular weight is 283 g/mol. The Kier molecular flexibility index (Phi) is 7.36. The molecule has 0 aliphatic carbocycles. The van der Waals surface area contributed by atoms with Crippen molar-refractivity contribution in [1.82, 2.24) is 5.32 Å². The van der Waals surface area contributed by atoms with Gasteiger partial charge in [-0.3, -0.25) is 0 Å². The summed E-state index contributed by atoms with van der Waals surface area (Å²) in [6.45, 7) is 4.41. The first kappa shape index (κ1) is 15.9. The molecule has 0 aromatic heterocycles. The van der Waals surface area contributed by atoms with Gasteiger partial charge in [0, 0.05) is 11.8 Å². The molecule has 0 aliphatic rings. The van der Waals surface area contributed by atoms with E-state index in [0.717, 1.165) is 24.0 Å². The number of ether oxygens (including phenoxy) is 1. The predicted octanol–water partition coefficient (Wildman–Crippen LogP) is 3.53. The van der Waals surface area contributed by atoms with E-state index < -0.39 is 6.09 Å². The van der Waals surface area contributed by atoms with Gasteiger partial charge in [0.1, 0.15) is 6.61 Å². The van der Waals surface area contributed by atoms with Crippen LogP contribution in [0, 0.1) is 5.92 Å². The summed E-state index contributed by atoms with van der Waals surface area (Å²) in [4.78, 5) is 11.7. The summed E-state index contributed by atoms with van der Waals surface area (Å²) in [6, 6.07) is 9.46. The van der Waals surface area contributed by atoms with Crippen molar-refractivity contribution in [2.24, 2.45) is 5.92 Å². The minimum Gasteiger partial charge on any atom is -0.445 e. The molecule has 1 atom stereocenters. The van der Waals surface area contributed by atoms with Crippen LogP contribution in [-0.4, -0.2) is 22.4 Å². The van der Waals surface area contributed by atoms with Crippen LogP contribution in [0.25, 0.3) is 0 Å². The van der Waals surface area contributed by atoms with Crippen molar-refractivity contribution < 1.29 is 14.1 Å². The van der Waals surface area contributed by atoms with Gasteiger partial charge in [0.2, 0.25) is 0 Å². The van der Waals surface area contributed by atoms with E-state index in [1.165, 1.54) is 0 Å². The maximum atomic E-state index is 11.7. The zero-order chi connectivity index (χ0) is 14.1. The molecule has 4 nitrogen and oxygen atoms in total. The Morgan fingerprint density at radius 3 is 2.63 bits per heavy atom. The fourth-order valence-corrected chi connectivity index (χ4v) is 2.16. The molecule has 106 valence electrons. The topological polar surface area (TPSA) is 58.6 Å². The van der Waals surface area contributed by atoms with Gasteiger partial charge in [-0.25, -0.2) is 4.79 Å². The number of benzene rings is 1. The highest BCUT2D eigenvalue weighted by Crippen LogP contribution is 2.09. The largest absolute Gasteiger partial charge is 0.445 e. The van der Waals surface area contributed by atoms with E-state index in [2.05, 4.69) is 19.2 Å². The number of alkyl carbamates (subject to hydrolysis) is 1.